The molecule has 104 valence electrons. The van der Waals surface area contributed by atoms with Crippen molar-refractivity contribution >= 4 is 17.3 Å². The van der Waals surface area contributed by atoms with Crippen LogP contribution in [0, 0.1) is 0 Å². The highest BCUT2D eigenvalue weighted by Crippen LogP contribution is 2.24. The number of aromatic nitrogens is 1. The smallest absolute Gasteiger partial charge is 0.224 e. The Balaban J connectivity index is 1.90. The lowest BCUT2D eigenvalue weighted by Gasteiger charge is -2.08. The van der Waals surface area contributed by atoms with Crippen LogP contribution in [-0.4, -0.2) is 18.0 Å². The molecule has 0 radical (unpaired) electrons. The summed E-state index contributed by atoms with van der Waals surface area (Å²) in [6.45, 7) is 0. The number of nitrogens with zero attached hydrogens (tertiary/aromatic N) is 1. The number of rotatable bonds is 5. The molecule has 0 saturated heterocycles. The summed E-state index contributed by atoms with van der Waals surface area (Å²) in [5, 5.41) is 2.81. The summed E-state index contributed by atoms with van der Waals surface area (Å²) in [7, 11) is 1.55. The maximum Gasteiger partial charge on any atom is 0.224 e. The Bertz CT molecular complexity index is 585. The van der Waals surface area contributed by atoms with Crippen LogP contribution < -0.4 is 15.8 Å². The molecular weight excluding hydrogens is 254 g/mol. The Labute approximate surface area is 117 Å². The van der Waals surface area contributed by atoms with Crippen LogP contribution in [0.4, 0.5) is 11.4 Å². The van der Waals surface area contributed by atoms with Gasteiger partial charge in [-0.2, -0.15) is 0 Å². The van der Waals surface area contributed by atoms with Gasteiger partial charge < -0.3 is 15.8 Å². The average molecular weight is 271 g/mol. The minimum atomic E-state index is -0.0496. The lowest BCUT2D eigenvalue weighted by molar-refractivity contribution is -0.116. The zero-order chi connectivity index (χ0) is 14.4. The Kier molecular flexibility index (Phi) is 4.55. The van der Waals surface area contributed by atoms with Gasteiger partial charge in [0.05, 0.1) is 12.8 Å². The van der Waals surface area contributed by atoms with Gasteiger partial charge in [0, 0.05) is 24.5 Å². The van der Waals surface area contributed by atoms with Crippen molar-refractivity contribution in [2.45, 2.75) is 12.8 Å². The molecular formula is C15H17N3O2. The van der Waals surface area contributed by atoms with Gasteiger partial charge in [-0.05, 0) is 42.3 Å². The Morgan fingerprint density at radius 1 is 1.30 bits per heavy atom. The maximum absolute atomic E-state index is 11.9. The van der Waals surface area contributed by atoms with E-state index in [2.05, 4.69) is 10.3 Å². The van der Waals surface area contributed by atoms with Crippen LogP contribution in [0.15, 0.2) is 42.7 Å². The number of hydrogen-bond donors (Lipinski definition) is 2. The predicted molar refractivity (Wildman–Crippen MR) is 78.6 cm³/mol. The van der Waals surface area contributed by atoms with Crippen molar-refractivity contribution in [1.29, 1.82) is 0 Å². The molecule has 0 aliphatic heterocycles. The summed E-state index contributed by atoms with van der Waals surface area (Å²) in [5.74, 6) is 0.547. The molecule has 1 amide bonds. The monoisotopic (exact) mass is 271 g/mol. The van der Waals surface area contributed by atoms with E-state index in [4.69, 9.17) is 10.5 Å². The lowest BCUT2D eigenvalue weighted by atomic mass is 10.1. The number of methoxy groups -OCH3 is 1. The highest BCUT2D eigenvalue weighted by Gasteiger charge is 2.05. The lowest BCUT2D eigenvalue weighted by Crippen LogP contribution is -2.12. The van der Waals surface area contributed by atoms with Gasteiger partial charge in [-0.15, -0.1) is 0 Å². The fourth-order valence-electron chi connectivity index (χ4n) is 1.84. The minimum Gasteiger partial charge on any atom is -0.495 e. The van der Waals surface area contributed by atoms with Gasteiger partial charge >= 0.3 is 0 Å². The molecule has 0 spiro atoms. The second kappa shape index (κ2) is 6.56. The molecule has 3 N–H and O–H groups in total. The van der Waals surface area contributed by atoms with Crippen LogP contribution in [0.2, 0.25) is 0 Å². The van der Waals surface area contributed by atoms with Gasteiger partial charge in [0.25, 0.3) is 0 Å². The normalized spacial score (nSPS) is 10.1. The molecule has 1 aromatic heterocycles. The number of anilines is 2. The number of nitrogens with two attached hydrogens (primary N) is 1. The second-order valence-corrected chi connectivity index (χ2v) is 4.36. The van der Waals surface area contributed by atoms with E-state index >= 15 is 0 Å². The molecule has 0 aliphatic rings. The number of carbonyl (C=O) groups excluding carboxylic acids is 1. The molecule has 2 aromatic rings. The van der Waals surface area contributed by atoms with Crippen LogP contribution >= 0.6 is 0 Å². The van der Waals surface area contributed by atoms with Gasteiger partial charge in [-0.1, -0.05) is 0 Å². The molecule has 0 aliphatic carbocycles. The van der Waals surface area contributed by atoms with Crippen molar-refractivity contribution in [3.8, 4) is 5.75 Å². The molecule has 0 fully saturated rings. The summed E-state index contributed by atoms with van der Waals surface area (Å²) in [6, 6.07) is 8.98. The SMILES string of the molecule is COc1ccc(NC(=O)CCc2ccncc2)cc1N. The Morgan fingerprint density at radius 3 is 2.70 bits per heavy atom. The number of ether oxygens (including phenoxy) is 1. The number of hydrogen-bond acceptors (Lipinski definition) is 4. The molecule has 0 saturated carbocycles. The van der Waals surface area contributed by atoms with Crippen LogP contribution in [-0.2, 0) is 11.2 Å². The first-order valence-corrected chi connectivity index (χ1v) is 6.31. The number of aryl methyl sites for hydroxylation is 1. The third-order valence-electron chi connectivity index (χ3n) is 2.90. The topological polar surface area (TPSA) is 77.2 Å². The third-order valence-corrected chi connectivity index (χ3v) is 2.90. The van der Waals surface area contributed by atoms with Crippen LogP contribution in [0.25, 0.3) is 0 Å². The van der Waals surface area contributed by atoms with E-state index < -0.39 is 0 Å². The molecule has 0 bridgehead atoms. The average Bonchev–Trinajstić information content (AvgIpc) is 2.46. The van der Waals surface area contributed by atoms with E-state index in [1.165, 1.54) is 0 Å². The van der Waals surface area contributed by atoms with Gasteiger partial charge in [-0.3, -0.25) is 9.78 Å². The van der Waals surface area contributed by atoms with Gasteiger partial charge in [0.2, 0.25) is 5.91 Å². The summed E-state index contributed by atoms with van der Waals surface area (Å²) in [4.78, 5) is 15.8. The molecule has 5 heteroatoms. The predicted octanol–water partition coefficient (Wildman–Crippen LogP) is 2.24. The van der Waals surface area contributed by atoms with E-state index in [-0.39, 0.29) is 5.91 Å². The van der Waals surface area contributed by atoms with Crippen LogP contribution in [0.5, 0.6) is 5.75 Å². The molecule has 2 rings (SSSR count). The summed E-state index contributed by atoms with van der Waals surface area (Å²) < 4.78 is 5.07. The second-order valence-electron chi connectivity index (χ2n) is 4.36. The highest BCUT2D eigenvalue weighted by atomic mass is 16.5. The molecule has 1 heterocycles. The van der Waals surface area contributed by atoms with E-state index in [9.17, 15) is 4.79 Å². The standard InChI is InChI=1S/C15H17N3O2/c1-20-14-4-3-12(10-13(14)16)18-15(19)5-2-11-6-8-17-9-7-11/h3-4,6-10H,2,5,16H2,1H3,(H,18,19). The molecule has 0 atom stereocenters. The highest BCUT2D eigenvalue weighted by molar-refractivity contribution is 5.91. The number of amides is 1. The van der Waals surface area contributed by atoms with Crippen molar-refractivity contribution in [1.82, 2.24) is 4.98 Å². The van der Waals surface area contributed by atoms with E-state index in [0.717, 1.165) is 5.56 Å². The van der Waals surface area contributed by atoms with Crippen LogP contribution in [0.3, 0.4) is 0 Å². The summed E-state index contributed by atoms with van der Waals surface area (Å²) >= 11 is 0. The summed E-state index contributed by atoms with van der Waals surface area (Å²) in [6.07, 6.45) is 4.53. The molecule has 20 heavy (non-hydrogen) atoms. The first kappa shape index (κ1) is 13.9. The first-order valence-electron chi connectivity index (χ1n) is 6.31. The fraction of sp³-hybridized carbons (Fsp3) is 0.200. The van der Waals surface area contributed by atoms with Gasteiger partial charge in [0.1, 0.15) is 5.75 Å². The van der Waals surface area contributed by atoms with Crippen LogP contribution in [0.1, 0.15) is 12.0 Å². The number of pyridine rings is 1. The summed E-state index contributed by atoms with van der Waals surface area (Å²) in [5.41, 5.74) is 8.05. The first-order chi connectivity index (χ1) is 9.69. The molecule has 5 nitrogen and oxygen atoms in total. The van der Waals surface area contributed by atoms with Crippen molar-refractivity contribution in [3.05, 3.63) is 48.3 Å². The van der Waals surface area contributed by atoms with Gasteiger partial charge in [0.15, 0.2) is 0 Å². The fourth-order valence-corrected chi connectivity index (χ4v) is 1.84. The Morgan fingerprint density at radius 2 is 2.05 bits per heavy atom. The number of nitrogens with one attached hydrogen (secondary N) is 1. The van der Waals surface area contributed by atoms with Gasteiger partial charge in [-0.25, -0.2) is 0 Å². The largest absolute Gasteiger partial charge is 0.495 e. The minimum absolute atomic E-state index is 0.0496. The number of nitrogen functional groups attached to an aromatic ring is 1. The molecule has 1 aromatic carbocycles. The van der Waals surface area contributed by atoms with Crippen molar-refractivity contribution in [2.75, 3.05) is 18.2 Å². The number of carbonyl (C=O) groups is 1. The van der Waals surface area contributed by atoms with E-state index in [0.29, 0.717) is 30.0 Å². The number of benzene rings is 1. The van der Waals surface area contributed by atoms with Crippen molar-refractivity contribution in [2.24, 2.45) is 0 Å². The molecule has 0 unspecified atom stereocenters. The zero-order valence-corrected chi connectivity index (χ0v) is 11.3. The van der Waals surface area contributed by atoms with E-state index in [1.54, 1.807) is 37.7 Å². The Hall–Kier alpha value is -2.56. The zero-order valence-electron chi connectivity index (χ0n) is 11.3. The maximum atomic E-state index is 11.9. The van der Waals surface area contributed by atoms with Crippen molar-refractivity contribution < 1.29 is 9.53 Å². The van der Waals surface area contributed by atoms with Crippen molar-refractivity contribution in [3.63, 3.8) is 0 Å². The third kappa shape index (κ3) is 3.71. The quantitative estimate of drug-likeness (QED) is 0.818. The van der Waals surface area contributed by atoms with E-state index in [1.807, 2.05) is 12.1 Å².